The van der Waals surface area contributed by atoms with Crippen LogP contribution in [0.4, 0.5) is 4.39 Å². The van der Waals surface area contributed by atoms with Crippen molar-refractivity contribution in [3.63, 3.8) is 0 Å². The summed E-state index contributed by atoms with van der Waals surface area (Å²) in [5.74, 6) is -0.628. The second kappa shape index (κ2) is 5.29. The molecule has 0 saturated carbocycles. The molecule has 2 N–H and O–H groups in total. The molecule has 0 spiro atoms. The van der Waals surface area contributed by atoms with Crippen LogP contribution >= 0.6 is 0 Å². The summed E-state index contributed by atoms with van der Waals surface area (Å²) in [6.07, 6.45) is 0.585. The molecule has 0 saturated heterocycles. The molecule has 0 bridgehead atoms. The largest absolute Gasteiger partial charge is 0.492 e. The van der Waals surface area contributed by atoms with Crippen LogP contribution < -0.4 is 9.88 Å². The van der Waals surface area contributed by atoms with Gasteiger partial charge in [-0.1, -0.05) is 5.57 Å². The average molecular weight is 259 g/mol. The van der Waals surface area contributed by atoms with Crippen molar-refractivity contribution < 1.29 is 17.5 Å². The van der Waals surface area contributed by atoms with Crippen molar-refractivity contribution in [1.82, 2.24) is 0 Å². The molecule has 0 aliphatic rings. The number of benzene rings is 1. The van der Waals surface area contributed by atoms with E-state index in [1.54, 1.807) is 0 Å². The van der Waals surface area contributed by atoms with Gasteiger partial charge in [0.05, 0.1) is 6.61 Å². The van der Waals surface area contributed by atoms with E-state index in [4.69, 9.17) is 9.88 Å². The van der Waals surface area contributed by atoms with Gasteiger partial charge in [0.15, 0.2) is 0 Å². The van der Waals surface area contributed by atoms with Crippen molar-refractivity contribution in [2.24, 2.45) is 5.14 Å². The Kier molecular flexibility index (Phi) is 4.25. The van der Waals surface area contributed by atoms with Crippen LogP contribution in [0.15, 0.2) is 35.2 Å². The minimum atomic E-state index is -3.99. The summed E-state index contributed by atoms with van der Waals surface area (Å²) in [5.41, 5.74) is 0.907. The summed E-state index contributed by atoms with van der Waals surface area (Å²) in [6.45, 7) is 5.78. The smallest absolute Gasteiger partial charge is 0.241 e. The third kappa shape index (κ3) is 4.16. The van der Waals surface area contributed by atoms with Gasteiger partial charge in [0.2, 0.25) is 10.0 Å². The first-order valence-corrected chi connectivity index (χ1v) is 6.45. The molecule has 94 valence electrons. The topological polar surface area (TPSA) is 69.4 Å². The van der Waals surface area contributed by atoms with E-state index in [0.29, 0.717) is 6.42 Å². The average Bonchev–Trinajstić information content (AvgIpc) is 2.18. The van der Waals surface area contributed by atoms with Crippen molar-refractivity contribution in [2.45, 2.75) is 18.2 Å². The maximum atomic E-state index is 12.9. The van der Waals surface area contributed by atoms with E-state index < -0.39 is 15.8 Å². The molecule has 0 heterocycles. The predicted octanol–water partition coefficient (Wildman–Crippen LogP) is 1.82. The summed E-state index contributed by atoms with van der Waals surface area (Å²) in [7, 11) is -3.99. The number of ether oxygens (including phenoxy) is 1. The van der Waals surface area contributed by atoms with E-state index >= 15 is 0 Å². The molecule has 0 aliphatic carbocycles. The van der Waals surface area contributed by atoms with Crippen molar-refractivity contribution in [3.05, 3.63) is 36.2 Å². The van der Waals surface area contributed by atoms with Gasteiger partial charge in [-0.2, -0.15) is 0 Å². The van der Waals surface area contributed by atoms with Gasteiger partial charge in [0.25, 0.3) is 0 Å². The Hall–Kier alpha value is -1.40. The van der Waals surface area contributed by atoms with Crippen LogP contribution in [0.3, 0.4) is 0 Å². The lowest BCUT2D eigenvalue weighted by molar-refractivity contribution is 0.312. The molecule has 6 heteroatoms. The summed E-state index contributed by atoms with van der Waals surface area (Å²) in [4.78, 5) is -0.348. The van der Waals surface area contributed by atoms with E-state index in [1.165, 1.54) is 6.07 Å². The summed E-state index contributed by atoms with van der Waals surface area (Å²) < 4.78 is 40.6. The van der Waals surface area contributed by atoms with Crippen molar-refractivity contribution in [1.29, 1.82) is 0 Å². The first-order chi connectivity index (χ1) is 7.80. The van der Waals surface area contributed by atoms with E-state index in [-0.39, 0.29) is 17.3 Å². The molecule has 1 rings (SSSR count). The lowest BCUT2D eigenvalue weighted by atomic mass is 10.2. The Morgan fingerprint density at radius 1 is 1.53 bits per heavy atom. The molecule has 1 aromatic carbocycles. The molecule has 0 aromatic heterocycles. The van der Waals surface area contributed by atoms with Gasteiger partial charge in [0, 0.05) is 6.42 Å². The Morgan fingerprint density at radius 3 is 2.71 bits per heavy atom. The van der Waals surface area contributed by atoms with Gasteiger partial charge in [-0.05, 0) is 25.1 Å². The van der Waals surface area contributed by atoms with Crippen LogP contribution in [0.25, 0.3) is 0 Å². The SMILES string of the molecule is C=C(C)CCOc1ccc(F)cc1S(N)(=O)=O. The fourth-order valence-electron chi connectivity index (χ4n) is 1.16. The third-order valence-corrected chi connectivity index (χ3v) is 2.93. The van der Waals surface area contributed by atoms with Crippen LogP contribution in [0.5, 0.6) is 5.75 Å². The molecular weight excluding hydrogens is 245 g/mol. The molecule has 17 heavy (non-hydrogen) atoms. The van der Waals surface area contributed by atoms with Crippen LogP contribution in [0.1, 0.15) is 13.3 Å². The Bertz CT molecular complexity index is 526. The zero-order valence-electron chi connectivity index (χ0n) is 9.44. The van der Waals surface area contributed by atoms with Crippen molar-refractivity contribution in [2.75, 3.05) is 6.61 Å². The Balaban J connectivity index is 2.95. The number of rotatable bonds is 5. The maximum Gasteiger partial charge on any atom is 0.241 e. The fourth-order valence-corrected chi connectivity index (χ4v) is 1.84. The van der Waals surface area contributed by atoms with Crippen LogP contribution in [0.2, 0.25) is 0 Å². The molecule has 0 atom stereocenters. The molecule has 1 aromatic rings. The first-order valence-electron chi connectivity index (χ1n) is 4.90. The minimum absolute atomic E-state index is 0.0511. The van der Waals surface area contributed by atoms with E-state index in [0.717, 1.165) is 17.7 Å². The molecular formula is C11H14FNO3S. The highest BCUT2D eigenvalue weighted by Crippen LogP contribution is 2.23. The van der Waals surface area contributed by atoms with Crippen LogP contribution in [-0.4, -0.2) is 15.0 Å². The maximum absolute atomic E-state index is 12.9. The molecule has 0 radical (unpaired) electrons. The van der Waals surface area contributed by atoms with Crippen molar-refractivity contribution in [3.8, 4) is 5.75 Å². The molecule has 0 aliphatic heterocycles. The molecule has 0 unspecified atom stereocenters. The normalized spacial score (nSPS) is 11.2. The van der Waals surface area contributed by atoms with Crippen LogP contribution in [0, 0.1) is 5.82 Å². The Morgan fingerprint density at radius 2 is 2.18 bits per heavy atom. The monoisotopic (exact) mass is 259 g/mol. The summed E-state index contributed by atoms with van der Waals surface area (Å²) in [5, 5.41) is 4.97. The van der Waals surface area contributed by atoms with Crippen LogP contribution in [-0.2, 0) is 10.0 Å². The fraction of sp³-hybridized carbons (Fsp3) is 0.273. The van der Waals surface area contributed by atoms with Gasteiger partial charge < -0.3 is 4.74 Å². The molecule has 4 nitrogen and oxygen atoms in total. The van der Waals surface area contributed by atoms with Gasteiger partial charge in [-0.15, -0.1) is 6.58 Å². The highest BCUT2D eigenvalue weighted by atomic mass is 32.2. The first kappa shape index (κ1) is 13.7. The Labute approximate surface area is 99.9 Å². The zero-order chi connectivity index (χ0) is 13.1. The number of sulfonamides is 1. The quantitative estimate of drug-likeness (QED) is 0.820. The lowest BCUT2D eigenvalue weighted by Gasteiger charge is -2.10. The van der Waals surface area contributed by atoms with E-state index in [9.17, 15) is 12.8 Å². The number of nitrogens with two attached hydrogens (primary N) is 1. The molecule has 0 fully saturated rings. The number of halogens is 1. The van der Waals surface area contributed by atoms with E-state index in [1.807, 2.05) is 6.92 Å². The van der Waals surface area contributed by atoms with Crippen molar-refractivity contribution >= 4 is 10.0 Å². The predicted molar refractivity (Wildman–Crippen MR) is 62.7 cm³/mol. The number of primary sulfonamides is 1. The summed E-state index contributed by atoms with van der Waals surface area (Å²) in [6, 6.07) is 3.20. The minimum Gasteiger partial charge on any atom is -0.492 e. The summed E-state index contributed by atoms with van der Waals surface area (Å²) >= 11 is 0. The molecule has 0 amide bonds. The second-order valence-electron chi connectivity index (χ2n) is 3.69. The van der Waals surface area contributed by atoms with Gasteiger partial charge in [0.1, 0.15) is 16.5 Å². The highest BCUT2D eigenvalue weighted by Gasteiger charge is 2.16. The number of hydrogen-bond acceptors (Lipinski definition) is 3. The standard InChI is InChI=1S/C11H14FNO3S/c1-8(2)5-6-16-10-4-3-9(12)7-11(10)17(13,14)15/h3-4,7H,1,5-6H2,2H3,(H2,13,14,15). The van der Waals surface area contributed by atoms with Gasteiger partial charge in [-0.3, -0.25) is 0 Å². The van der Waals surface area contributed by atoms with Gasteiger partial charge in [-0.25, -0.2) is 17.9 Å². The lowest BCUT2D eigenvalue weighted by Crippen LogP contribution is -2.14. The van der Waals surface area contributed by atoms with Gasteiger partial charge >= 0.3 is 0 Å². The zero-order valence-corrected chi connectivity index (χ0v) is 10.3. The van der Waals surface area contributed by atoms with E-state index in [2.05, 4.69) is 6.58 Å². The third-order valence-electron chi connectivity index (χ3n) is 2.00. The highest BCUT2D eigenvalue weighted by molar-refractivity contribution is 7.89. The number of hydrogen-bond donors (Lipinski definition) is 1. The second-order valence-corrected chi connectivity index (χ2v) is 5.22.